The Hall–Kier alpha value is -3.99. The summed E-state index contributed by atoms with van der Waals surface area (Å²) in [6, 6.07) is 11.4. The van der Waals surface area contributed by atoms with Gasteiger partial charge in [-0.05, 0) is 41.7 Å². The molecule has 0 aliphatic heterocycles. The second-order valence-electron chi connectivity index (χ2n) is 7.20. The first-order valence-corrected chi connectivity index (χ1v) is 9.41. The van der Waals surface area contributed by atoms with Crippen LogP contribution in [0.1, 0.15) is 17.2 Å². The van der Waals surface area contributed by atoms with Crippen molar-refractivity contribution < 1.29 is 9.13 Å². The Balaban J connectivity index is 1.71. The van der Waals surface area contributed by atoms with Gasteiger partial charge in [-0.2, -0.15) is 5.10 Å². The summed E-state index contributed by atoms with van der Waals surface area (Å²) in [7, 11) is 1.36. The van der Waals surface area contributed by atoms with Crippen molar-refractivity contribution in [1.29, 1.82) is 0 Å². The highest BCUT2D eigenvalue weighted by molar-refractivity contribution is 5.99. The van der Waals surface area contributed by atoms with Crippen molar-refractivity contribution in [3.8, 4) is 17.0 Å². The molecule has 8 heteroatoms. The second-order valence-corrected chi connectivity index (χ2v) is 7.20. The zero-order chi connectivity index (χ0) is 20.8. The lowest BCUT2D eigenvalue weighted by Gasteiger charge is -2.10. The summed E-state index contributed by atoms with van der Waals surface area (Å²) in [5, 5.41) is 5.40. The fraction of sp³-hybridized carbons (Fsp3) is 0.182. The molecule has 2 heterocycles. The summed E-state index contributed by atoms with van der Waals surface area (Å²) in [6.07, 6.45) is 3.07. The highest BCUT2D eigenvalue weighted by atomic mass is 19.1. The molecule has 0 saturated carbocycles. The molecule has 5 rings (SSSR count). The minimum absolute atomic E-state index is 0.0232. The normalized spacial score (nSPS) is 13.4. The van der Waals surface area contributed by atoms with Gasteiger partial charge >= 0.3 is 0 Å². The molecular formula is C22H17FN6O. The number of fused-ring (bicyclic) bond motifs is 2. The van der Waals surface area contributed by atoms with Crippen molar-refractivity contribution in [2.75, 3.05) is 12.8 Å². The van der Waals surface area contributed by atoms with Crippen LogP contribution in [-0.2, 0) is 12.8 Å². The van der Waals surface area contributed by atoms with Crippen molar-refractivity contribution >= 4 is 22.5 Å². The van der Waals surface area contributed by atoms with E-state index in [1.165, 1.54) is 36.7 Å². The number of methoxy groups -OCH3 is 1. The van der Waals surface area contributed by atoms with Gasteiger partial charge in [-0.15, -0.1) is 0 Å². The van der Waals surface area contributed by atoms with Crippen molar-refractivity contribution in [2.24, 2.45) is 0 Å². The summed E-state index contributed by atoms with van der Waals surface area (Å²) in [6.45, 7) is 7.29. The van der Waals surface area contributed by atoms with Crippen LogP contribution in [0.15, 0.2) is 42.7 Å². The van der Waals surface area contributed by atoms with E-state index in [1.807, 2.05) is 16.8 Å². The molecule has 2 aromatic heterocycles. The molecule has 2 N–H and O–H groups in total. The smallest absolute Gasteiger partial charge is 0.226 e. The molecule has 0 saturated heterocycles. The van der Waals surface area contributed by atoms with Gasteiger partial charge in [-0.3, -0.25) is 0 Å². The molecule has 0 radical (unpaired) electrons. The highest BCUT2D eigenvalue weighted by Crippen LogP contribution is 2.39. The number of anilines is 1. The number of benzene rings is 2. The highest BCUT2D eigenvalue weighted by Gasteiger charge is 2.28. The summed E-state index contributed by atoms with van der Waals surface area (Å²) >= 11 is 0. The van der Waals surface area contributed by atoms with E-state index in [9.17, 15) is 4.39 Å². The van der Waals surface area contributed by atoms with E-state index in [-0.39, 0.29) is 23.3 Å². The van der Waals surface area contributed by atoms with Gasteiger partial charge in [0.1, 0.15) is 23.6 Å². The first-order chi connectivity index (χ1) is 14.6. The van der Waals surface area contributed by atoms with Gasteiger partial charge in [0.05, 0.1) is 25.1 Å². The molecule has 0 unspecified atom stereocenters. The topological polar surface area (TPSA) is 83.2 Å². The van der Waals surface area contributed by atoms with E-state index in [0.717, 1.165) is 12.8 Å². The Morgan fingerprint density at radius 2 is 1.93 bits per heavy atom. The summed E-state index contributed by atoms with van der Waals surface area (Å²) in [5.74, 6) is -0.440. The predicted octanol–water partition coefficient (Wildman–Crippen LogP) is 4.11. The fourth-order valence-corrected chi connectivity index (χ4v) is 4.11. The van der Waals surface area contributed by atoms with Gasteiger partial charge in [0.15, 0.2) is 11.5 Å². The van der Waals surface area contributed by atoms with E-state index in [2.05, 4.69) is 26.9 Å². The molecule has 0 fully saturated rings. The Morgan fingerprint density at radius 1 is 1.20 bits per heavy atom. The van der Waals surface area contributed by atoms with E-state index in [0.29, 0.717) is 22.3 Å². The Kier molecular flexibility index (Phi) is 4.10. The Labute approximate surface area is 171 Å². The molecule has 1 aliphatic carbocycles. The fourth-order valence-electron chi connectivity index (χ4n) is 4.11. The van der Waals surface area contributed by atoms with Crippen molar-refractivity contribution in [3.05, 3.63) is 71.1 Å². The Bertz CT molecular complexity index is 1310. The minimum atomic E-state index is -0.699. The van der Waals surface area contributed by atoms with E-state index >= 15 is 0 Å². The molecular weight excluding hydrogens is 383 g/mol. The van der Waals surface area contributed by atoms with Crippen LogP contribution in [0.3, 0.4) is 0 Å². The quantitative estimate of drug-likeness (QED) is 0.523. The number of rotatable bonds is 3. The predicted molar refractivity (Wildman–Crippen MR) is 111 cm³/mol. The second kappa shape index (κ2) is 6.81. The summed E-state index contributed by atoms with van der Waals surface area (Å²) < 4.78 is 21.3. The van der Waals surface area contributed by atoms with Gasteiger partial charge in [0.2, 0.25) is 5.69 Å². The molecule has 2 aromatic carbocycles. The number of nitrogens with zero attached hydrogens (tertiary/aromatic N) is 5. The molecule has 0 atom stereocenters. The number of hydrogen-bond donors (Lipinski definition) is 1. The molecule has 0 bridgehead atoms. The third kappa shape index (κ3) is 2.67. The maximum Gasteiger partial charge on any atom is 0.226 e. The van der Waals surface area contributed by atoms with E-state index in [4.69, 9.17) is 22.1 Å². The zero-order valence-corrected chi connectivity index (χ0v) is 16.1. The number of ether oxygens (including phenoxy) is 1. The largest absolute Gasteiger partial charge is 0.495 e. The molecule has 1 aliphatic rings. The number of nitrogens with two attached hydrogens (primary N) is 1. The molecule has 0 amide bonds. The van der Waals surface area contributed by atoms with Crippen LogP contribution in [0.2, 0.25) is 0 Å². The van der Waals surface area contributed by atoms with Gasteiger partial charge in [-0.1, -0.05) is 24.3 Å². The van der Waals surface area contributed by atoms with Crippen molar-refractivity contribution in [2.45, 2.75) is 18.9 Å². The van der Waals surface area contributed by atoms with E-state index < -0.39 is 5.82 Å². The molecule has 7 nitrogen and oxygen atoms in total. The molecule has 148 valence electrons. The maximum atomic E-state index is 14.4. The number of halogens is 1. The lowest BCUT2D eigenvalue weighted by atomic mass is 10.1. The van der Waals surface area contributed by atoms with Gasteiger partial charge in [-0.25, -0.2) is 23.9 Å². The minimum Gasteiger partial charge on any atom is -0.495 e. The average Bonchev–Trinajstić information content (AvgIpc) is 3.36. The van der Waals surface area contributed by atoms with Crippen LogP contribution in [0.5, 0.6) is 5.75 Å². The van der Waals surface area contributed by atoms with Gasteiger partial charge in [0, 0.05) is 0 Å². The maximum absolute atomic E-state index is 14.4. The number of hydrogen-bond acceptors (Lipinski definition) is 5. The first-order valence-electron chi connectivity index (χ1n) is 9.41. The van der Waals surface area contributed by atoms with Crippen molar-refractivity contribution in [3.63, 3.8) is 0 Å². The third-order valence-electron chi connectivity index (χ3n) is 5.53. The Morgan fingerprint density at radius 3 is 2.60 bits per heavy atom. The van der Waals surface area contributed by atoms with Crippen LogP contribution in [0.25, 0.3) is 27.1 Å². The lowest BCUT2D eigenvalue weighted by molar-refractivity contribution is 0.388. The standard InChI is InChI=1S/C22H17FN6O/c1-25-16-9-14(10-17(30-2)19(16)23)20-18-21(24)26-11-27-22(18)29(28-20)15-7-12-5-3-4-6-13(12)8-15/h3-6,9-11,15H,7-8H2,2H3,(H2,24,26,27). The SMILES string of the molecule is [C-]#[N+]c1cc(-c2nn(C3Cc4ccccc4C3)c3ncnc(N)c23)cc(OC)c1F. The first kappa shape index (κ1) is 18.1. The van der Waals surface area contributed by atoms with Gasteiger partial charge < -0.3 is 10.5 Å². The summed E-state index contributed by atoms with van der Waals surface area (Å²) in [5.41, 5.74) is 10.3. The van der Waals surface area contributed by atoms with E-state index in [1.54, 1.807) is 0 Å². The number of aromatic nitrogens is 4. The van der Waals surface area contributed by atoms with Gasteiger partial charge in [0.25, 0.3) is 0 Å². The molecule has 4 aromatic rings. The molecule has 30 heavy (non-hydrogen) atoms. The number of nitrogen functional groups attached to an aromatic ring is 1. The zero-order valence-electron chi connectivity index (χ0n) is 16.1. The lowest BCUT2D eigenvalue weighted by Crippen LogP contribution is -2.11. The molecule has 0 spiro atoms. The van der Waals surface area contributed by atoms with Crippen LogP contribution >= 0.6 is 0 Å². The summed E-state index contributed by atoms with van der Waals surface area (Å²) in [4.78, 5) is 11.8. The average molecular weight is 400 g/mol. The van der Waals surface area contributed by atoms with Crippen LogP contribution in [0.4, 0.5) is 15.9 Å². The third-order valence-corrected chi connectivity index (χ3v) is 5.53. The van der Waals surface area contributed by atoms with Crippen molar-refractivity contribution in [1.82, 2.24) is 19.7 Å². The van der Waals surface area contributed by atoms with Crippen LogP contribution in [-0.4, -0.2) is 26.9 Å². The van der Waals surface area contributed by atoms with Crippen LogP contribution < -0.4 is 10.5 Å². The van der Waals surface area contributed by atoms with Crippen LogP contribution in [0, 0.1) is 12.4 Å². The monoisotopic (exact) mass is 400 g/mol.